The standard InChI is InChI=1S/C12H19NO2S/c1-4-11(3)13-16(14,15)9-12-7-5-10(2)6-8-12/h5-8,11,13H,4,9H2,1-3H3. The fourth-order valence-corrected chi connectivity index (χ4v) is 2.83. The van der Waals surface area contributed by atoms with Crippen LogP contribution in [0.3, 0.4) is 0 Å². The smallest absolute Gasteiger partial charge is 0.212 e. The number of hydrogen-bond acceptors (Lipinski definition) is 2. The van der Waals surface area contributed by atoms with Crippen molar-refractivity contribution in [2.75, 3.05) is 0 Å². The van der Waals surface area contributed by atoms with E-state index in [1.807, 2.05) is 45.0 Å². The molecule has 1 unspecified atom stereocenters. The molecule has 0 spiro atoms. The van der Waals surface area contributed by atoms with Gasteiger partial charge in [-0.1, -0.05) is 36.8 Å². The molecule has 1 aromatic carbocycles. The topological polar surface area (TPSA) is 46.2 Å². The second-order valence-electron chi connectivity index (χ2n) is 4.17. The Morgan fingerprint density at radius 1 is 1.25 bits per heavy atom. The van der Waals surface area contributed by atoms with Gasteiger partial charge in [0, 0.05) is 6.04 Å². The van der Waals surface area contributed by atoms with E-state index in [1.54, 1.807) is 0 Å². The maximum Gasteiger partial charge on any atom is 0.216 e. The summed E-state index contributed by atoms with van der Waals surface area (Å²) < 4.78 is 26.1. The summed E-state index contributed by atoms with van der Waals surface area (Å²) in [6.07, 6.45) is 0.799. The van der Waals surface area contributed by atoms with E-state index in [-0.39, 0.29) is 11.8 Å². The van der Waals surface area contributed by atoms with Crippen molar-refractivity contribution in [3.63, 3.8) is 0 Å². The van der Waals surface area contributed by atoms with Crippen molar-refractivity contribution in [3.05, 3.63) is 35.4 Å². The molecule has 1 N–H and O–H groups in total. The molecule has 0 aliphatic carbocycles. The van der Waals surface area contributed by atoms with Crippen LogP contribution in [0.1, 0.15) is 31.4 Å². The summed E-state index contributed by atoms with van der Waals surface area (Å²) >= 11 is 0. The molecule has 0 saturated carbocycles. The average Bonchev–Trinajstić information content (AvgIpc) is 2.20. The van der Waals surface area contributed by atoms with Gasteiger partial charge in [0.25, 0.3) is 0 Å². The zero-order valence-electron chi connectivity index (χ0n) is 10.0. The third-order valence-electron chi connectivity index (χ3n) is 2.47. The molecule has 0 aromatic heterocycles. The SMILES string of the molecule is CCC(C)NS(=O)(=O)Cc1ccc(C)cc1. The Morgan fingerprint density at radius 3 is 2.31 bits per heavy atom. The van der Waals surface area contributed by atoms with Crippen LogP contribution in [0.4, 0.5) is 0 Å². The Hall–Kier alpha value is -0.870. The highest BCUT2D eigenvalue weighted by atomic mass is 32.2. The number of hydrogen-bond donors (Lipinski definition) is 1. The zero-order valence-corrected chi connectivity index (χ0v) is 10.8. The van der Waals surface area contributed by atoms with E-state index in [1.165, 1.54) is 0 Å². The summed E-state index contributed by atoms with van der Waals surface area (Å²) in [7, 11) is -3.21. The van der Waals surface area contributed by atoms with Gasteiger partial charge in [0.1, 0.15) is 0 Å². The average molecular weight is 241 g/mol. The fraction of sp³-hybridized carbons (Fsp3) is 0.500. The van der Waals surface area contributed by atoms with E-state index in [0.29, 0.717) is 0 Å². The van der Waals surface area contributed by atoms with Crippen molar-refractivity contribution >= 4 is 10.0 Å². The van der Waals surface area contributed by atoms with Crippen molar-refractivity contribution < 1.29 is 8.42 Å². The molecule has 0 heterocycles. The first-order valence-corrected chi connectivity index (χ1v) is 7.13. The van der Waals surface area contributed by atoms with Crippen LogP contribution in [-0.4, -0.2) is 14.5 Å². The van der Waals surface area contributed by atoms with Crippen molar-refractivity contribution in [1.82, 2.24) is 4.72 Å². The first kappa shape index (κ1) is 13.2. The van der Waals surface area contributed by atoms with Crippen LogP contribution in [0, 0.1) is 6.92 Å². The van der Waals surface area contributed by atoms with Crippen LogP contribution in [0.2, 0.25) is 0 Å². The lowest BCUT2D eigenvalue weighted by molar-refractivity contribution is 0.555. The van der Waals surface area contributed by atoms with Crippen LogP contribution in [0.5, 0.6) is 0 Å². The maximum absolute atomic E-state index is 11.7. The van der Waals surface area contributed by atoms with Gasteiger partial charge in [-0.3, -0.25) is 0 Å². The minimum Gasteiger partial charge on any atom is -0.212 e. The number of sulfonamides is 1. The lowest BCUT2D eigenvalue weighted by Gasteiger charge is -2.12. The van der Waals surface area contributed by atoms with E-state index in [2.05, 4.69) is 4.72 Å². The Labute approximate surface area is 97.9 Å². The molecule has 1 atom stereocenters. The summed E-state index contributed by atoms with van der Waals surface area (Å²) in [5.74, 6) is 0.0532. The lowest BCUT2D eigenvalue weighted by Crippen LogP contribution is -2.32. The quantitative estimate of drug-likeness (QED) is 0.859. The van der Waals surface area contributed by atoms with Gasteiger partial charge in [0.15, 0.2) is 0 Å². The lowest BCUT2D eigenvalue weighted by atomic mass is 10.2. The van der Waals surface area contributed by atoms with Gasteiger partial charge >= 0.3 is 0 Å². The van der Waals surface area contributed by atoms with Crippen LogP contribution in [0.15, 0.2) is 24.3 Å². The largest absolute Gasteiger partial charge is 0.216 e. The second-order valence-corrected chi connectivity index (χ2v) is 5.93. The van der Waals surface area contributed by atoms with E-state index in [4.69, 9.17) is 0 Å². The number of rotatable bonds is 5. The molecular formula is C12H19NO2S. The molecule has 90 valence electrons. The molecule has 0 saturated heterocycles. The van der Waals surface area contributed by atoms with Gasteiger partial charge in [-0.2, -0.15) is 0 Å². The molecular weight excluding hydrogens is 222 g/mol. The maximum atomic E-state index is 11.7. The molecule has 0 fully saturated rings. The normalized spacial score (nSPS) is 13.7. The molecule has 16 heavy (non-hydrogen) atoms. The van der Waals surface area contributed by atoms with Gasteiger partial charge in [-0.25, -0.2) is 13.1 Å². The van der Waals surface area contributed by atoms with Gasteiger partial charge in [0.05, 0.1) is 5.75 Å². The molecule has 0 aliphatic rings. The van der Waals surface area contributed by atoms with Crippen LogP contribution in [0.25, 0.3) is 0 Å². The van der Waals surface area contributed by atoms with Crippen molar-refractivity contribution in [2.24, 2.45) is 0 Å². The van der Waals surface area contributed by atoms with E-state index in [9.17, 15) is 8.42 Å². The Balaban J connectivity index is 2.69. The number of nitrogens with one attached hydrogen (secondary N) is 1. The van der Waals surface area contributed by atoms with Crippen molar-refractivity contribution in [3.8, 4) is 0 Å². The van der Waals surface area contributed by atoms with Gasteiger partial charge in [-0.05, 0) is 25.8 Å². The Bertz CT molecular complexity index is 423. The first-order valence-electron chi connectivity index (χ1n) is 5.48. The summed E-state index contributed by atoms with van der Waals surface area (Å²) in [6, 6.07) is 7.55. The van der Waals surface area contributed by atoms with Crippen LogP contribution in [-0.2, 0) is 15.8 Å². The predicted octanol–water partition coefficient (Wildman–Crippen LogP) is 2.21. The molecule has 3 nitrogen and oxygen atoms in total. The minimum absolute atomic E-state index is 0.00421. The highest BCUT2D eigenvalue weighted by molar-refractivity contribution is 7.88. The van der Waals surface area contributed by atoms with Crippen LogP contribution < -0.4 is 4.72 Å². The summed E-state index contributed by atoms with van der Waals surface area (Å²) in [5.41, 5.74) is 1.96. The molecule has 0 bridgehead atoms. The van der Waals surface area contributed by atoms with Crippen molar-refractivity contribution in [1.29, 1.82) is 0 Å². The third kappa shape index (κ3) is 4.33. The van der Waals surface area contributed by atoms with E-state index >= 15 is 0 Å². The minimum atomic E-state index is -3.21. The molecule has 0 amide bonds. The van der Waals surface area contributed by atoms with Crippen molar-refractivity contribution in [2.45, 2.75) is 39.0 Å². The Kier molecular flexibility index (Phi) is 4.50. The zero-order chi connectivity index (χ0) is 12.2. The van der Waals surface area contributed by atoms with Gasteiger partial charge in [-0.15, -0.1) is 0 Å². The number of aryl methyl sites for hydroxylation is 1. The first-order chi connectivity index (χ1) is 7.43. The number of benzene rings is 1. The molecule has 0 radical (unpaired) electrons. The summed E-state index contributed by atoms with van der Waals surface area (Å²) in [5, 5.41) is 0. The molecule has 0 aliphatic heterocycles. The second kappa shape index (κ2) is 5.46. The van der Waals surface area contributed by atoms with E-state index < -0.39 is 10.0 Å². The fourth-order valence-electron chi connectivity index (χ4n) is 1.34. The van der Waals surface area contributed by atoms with Crippen LogP contribution >= 0.6 is 0 Å². The summed E-state index contributed by atoms with van der Waals surface area (Å²) in [6.45, 7) is 5.81. The highest BCUT2D eigenvalue weighted by Gasteiger charge is 2.13. The third-order valence-corrected chi connectivity index (χ3v) is 3.95. The predicted molar refractivity (Wildman–Crippen MR) is 66.7 cm³/mol. The van der Waals surface area contributed by atoms with E-state index in [0.717, 1.165) is 17.5 Å². The molecule has 1 aromatic rings. The molecule has 1 rings (SSSR count). The Morgan fingerprint density at radius 2 is 1.81 bits per heavy atom. The van der Waals surface area contributed by atoms with Gasteiger partial charge in [0.2, 0.25) is 10.0 Å². The highest BCUT2D eigenvalue weighted by Crippen LogP contribution is 2.07. The van der Waals surface area contributed by atoms with Gasteiger partial charge < -0.3 is 0 Å². The monoisotopic (exact) mass is 241 g/mol. The molecule has 4 heteroatoms. The summed E-state index contributed by atoms with van der Waals surface area (Å²) in [4.78, 5) is 0.